The van der Waals surface area contributed by atoms with E-state index in [4.69, 9.17) is 5.73 Å². The highest BCUT2D eigenvalue weighted by Gasteiger charge is 2.14. The van der Waals surface area contributed by atoms with E-state index in [0.29, 0.717) is 6.54 Å². The Bertz CT molecular complexity index is 397. The number of carbonyl (C=O) groups is 1. The molecule has 0 saturated carbocycles. The van der Waals surface area contributed by atoms with Gasteiger partial charge in [0.25, 0.3) is 0 Å². The third-order valence-corrected chi connectivity index (χ3v) is 3.44. The summed E-state index contributed by atoms with van der Waals surface area (Å²) in [6.45, 7) is 6.89. The van der Waals surface area contributed by atoms with Crippen LogP contribution in [0.25, 0.3) is 0 Å². The minimum atomic E-state index is 0.132. The predicted molar refractivity (Wildman–Crippen MR) is 83.8 cm³/mol. The number of amides is 1. The molecular weight excluding hydrogens is 266 g/mol. The molecule has 0 atom stereocenters. The second-order valence-corrected chi connectivity index (χ2v) is 5.39. The van der Waals surface area contributed by atoms with E-state index in [1.54, 1.807) is 4.68 Å². The molecule has 0 aliphatic carbocycles. The van der Waals surface area contributed by atoms with Crippen LogP contribution in [0.2, 0.25) is 0 Å². The highest BCUT2D eigenvalue weighted by Crippen LogP contribution is 2.03. The van der Waals surface area contributed by atoms with Crippen molar-refractivity contribution in [1.82, 2.24) is 19.9 Å². The zero-order valence-electron chi connectivity index (χ0n) is 13.4. The molecule has 0 aromatic carbocycles. The van der Waals surface area contributed by atoms with Gasteiger partial charge in [-0.1, -0.05) is 31.9 Å². The summed E-state index contributed by atoms with van der Waals surface area (Å²) in [6, 6.07) is 0. The highest BCUT2D eigenvalue weighted by molar-refractivity contribution is 5.75. The molecule has 1 aromatic rings. The van der Waals surface area contributed by atoms with Gasteiger partial charge in [0, 0.05) is 19.3 Å². The summed E-state index contributed by atoms with van der Waals surface area (Å²) in [5.41, 5.74) is 6.39. The lowest BCUT2D eigenvalue weighted by Crippen LogP contribution is -2.35. The van der Waals surface area contributed by atoms with Crippen LogP contribution in [0.1, 0.15) is 51.6 Å². The van der Waals surface area contributed by atoms with Gasteiger partial charge in [-0.25, -0.2) is 4.68 Å². The quantitative estimate of drug-likeness (QED) is 0.672. The molecule has 0 aliphatic heterocycles. The van der Waals surface area contributed by atoms with Crippen LogP contribution < -0.4 is 5.73 Å². The molecule has 120 valence electrons. The van der Waals surface area contributed by atoms with Gasteiger partial charge in [-0.05, 0) is 32.2 Å². The number of carbonyl (C=O) groups excluding carboxylic acids is 1. The molecule has 0 saturated heterocycles. The van der Waals surface area contributed by atoms with Gasteiger partial charge in [0.15, 0.2) is 0 Å². The lowest BCUT2D eigenvalue weighted by atomic mass is 10.2. The second kappa shape index (κ2) is 10.3. The molecule has 0 spiro atoms. The van der Waals surface area contributed by atoms with Gasteiger partial charge in [0.05, 0.1) is 5.69 Å². The van der Waals surface area contributed by atoms with Crippen molar-refractivity contribution in [2.24, 2.45) is 5.73 Å². The molecule has 0 aliphatic rings. The molecule has 6 heteroatoms. The van der Waals surface area contributed by atoms with Crippen molar-refractivity contribution in [3.8, 4) is 0 Å². The number of rotatable bonds is 11. The lowest BCUT2D eigenvalue weighted by molar-refractivity contribution is -0.132. The van der Waals surface area contributed by atoms with Crippen LogP contribution in [-0.4, -0.2) is 45.4 Å². The van der Waals surface area contributed by atoms with E-state index < -0.39 is 0 Å². The van der Waals surface area contributed by atoms with Gasteiger partial charge in [-0.15, -0.1) is 5.10 Å². The monoisotopic (exact) mass is 295 g/mol. The molecule has 0 bridgehead atoms. The number of aryl methyl sites for hydroxylation is 1. The second-order valence-electron chi connectivity index (χ2n) is 5.39. The van der Waals surface area contributed by atoms with Crippen LogP contribution in [-0.2, 0) is 17.8 Å². The zero-order chi connectivity index (χ0) is 15.5. The maximum absolute atomic E-state index is 12.4. The first-order chi connectivity index (χ1) is 10.2. The zero-order valence-corrected chi connectivity index (χ0v) is 13.4. The molecule has 0 unspecified atom stereocenters. The molecular formula is C15H29N5O. The number of hydrogen-bond acceptors (Lipinski definition) is 4. The molecule has 1 heterocycles. The largest absolute Gasteiger partial charge is 0.341 e. The van der Waals surface area contributed by atoms with Gasteiger partial charge in [-0.3, -0.25) is 4.79 Å². The number of nitrogens with zero attached hydrogens (tertiary/aromatic N) is 4. The summed E-state index contributed by atoms with van der Waals surface area (Å²) in [7, 11) is 0. The number of unbranched alkanes of at least 4 members (excludes halogenated alkanes) is 2. The van der Waals surface area contributed by atoms with Crippen molar-refractivity contribution in [3.05, 3.63) is 11.9 Å². The molecule has 21 heavy (non-hydrogen) atoms. The van der Waals surface area contributed by atoms with Crippen molar-refractivity contribution in [3.63, 3.8) is 0 Å². The average molecular weight is 295 g/mol. The molecule has 1 amide bonds. The summed E-state index contributed by atoms with van der Waals surface area (Å²) in [4.78, 5) is 14.3. The van der Waals surface area contributed by atoms with Crippen molar-refractivity contribution >= 4 is 5.91 Å². The summed E-state index contributed by atoms with van der Waals surface area (Å²) in [5, 5.41) is 8.11. The van der Waals surface area contributed by atoms with Crippen LogP contribution in [0, 0.1) is 0 Å². The summed E-state index contributed by atoms with van der Waals surface area (Å²) >= 11 is 0. The van der Waals surface area contributed by atoms with Crippen LogP contribution in [0.15, 0.2) is 6.20 Å². The normalized spacial score (nSPS) is 10.8. The summed E-state index contributed by atoms with van der Waals surface area (Å²) in [6.07, 6.45) is 7.87. The van der Waals surface area contributed by atoms with Gasteiger partial charge < -0.3 is 10.6 Å². The van der Waals surface area contributed by atoms with Crippen molar-refractivity contribution < 1.29 is 4.79 Å². The van der Waals surface area contributed by atoms with Gasteiger partial charge >= 0.3 is 0 Å². The summed E-state index contributed by atoms with van der Waals surface area (Å²) < 4.78 is 1.64. The Balaban J connectivity index is 2.52. The van der Waals surface area contributed by atoms with Crippen LogP contribution in [0.4, 0.5) is 0 Å². The summed E-state index contributed by atoms with van der Waals surface area (Å²) in [5.74, 6) is 0.132. The minimum Gasteiger partial charge on any atom is -0.341 e. The Kier molecular flexibility index (Phi) is 8.66. The van der Waals surface area contributed by atoms with E-state index in [1.165, 1.54) is 0 Å². The molecule has 1 aromatic heterocycles. The Morgan fingerprint density at radius 2 is 1.90 bits per heavy atom. The number of hydrogen-bond donors (Lipinski definition) is 1. The first-order valence-electron chi connectivity index (χ1n) is 8.08. The molecule has 6 nitrogen and oxygen atoms in total. The molecule has 2 N–H and O–H groups in total. The average Bonchev–Trinajstić information content (AvgIpc) is 2.92. The Morgan fingerprint density at radius 1 is 1.24 bits per heavy atom. The van der Waals surface area contributed by atoms with E-state index in [-0.39, 0.29) is 12.5 Å². The highest BCUT2D eigenvalue weighted by atomic mass is 16.2. The Morgan fingerprint density at radius 3 is 2.48 bits per heavy atom. The third kappa shape index (κ3) is 6.71. The van der Waals surface area contributed by atoms with E-state index in [0.717, 1.165) is 57.3 Å². The van der Waals surface area contributed by atoms with Crippen molar-refractivity contribution in [2.75, 3.05) is 19.6 Å². The third-order valence-electron chi connectivity index (χ3n) is 3.44. The molecule has 1 rings (SSSR count). The fourth-order valence-electron chi connectivity index (χ4n) is 2.11. The number of nitrogens with two attached hydrogens (primary N) is 1. The van der Waals surface area contributed by atoms with E-state index in [1.807, 2.05) is 11.1 Å². The number of aromatic nitrogens is 3. The van der Waals surface area contributed by atoms with Crippen LogP contribution in [0.3, 0.4) is 0 Å². The topological polar surface area (TPSA) is 77.0 Å². The van der Waals surface area contributed by atoms with Crippen LogP contribution >= 0.6 is 0 Å². The SMILES string of the molecule is CCCCN(CCCC)C(=O)Cn1cc(CCCN)nn1. The van der Waals surface area contributed by atoms with E-state index >= 15 is 0 Å². The predicted octanol–water partition coefficient (Wildman–Crippen LogP) is 1.60. The van der Waals surface area contributed by atoms with E-state index in [9.17, 15) is 4.79 Å². The fourth-order valence-corrected chi connectivity index (χ4v) is 2.11. The minimum absolute atomic E-state index is 0.132. The Labute approximate surface area is 127 Å². The van der Waals surface area contributed by atoms with Crippen molar-refractivity contribution in [2.45, 2.75) is 58.9 Å². The first kappa shape index (κ1) is 17.6. The van der Waals surface area contributed by atoms with Crippen LogP contribution in [0.5, 0.6) is 0 Å². The molecule has 0 fully saturated rings. The fraction of sp³-hybridized carbons (Fsp3) is 0.800. The maximum Gasteiger partial charge on any atom is 0.244 e. The van der Waals surface area contributed by atoms with Crippen molar-refractivity contribution in [1.29, 1.82) is 0 Å². The molecule has 0 radical (unpaired) electrons. The smallest absolute Gasteiger partial charge is 0.244 e. The lowest BCUT2D eigenvalue weighted by Gasteiger charge is -2.22. The standard InChI is InChI=1S/C15H29N5O/c1-3-5-10-19(11-6-4-2)15(21)13-20-12-14(17-18-20)8-7-9-16/h12H,3-11,13,16H2,1-2H3. The van der Waals surface area contributed by atoms with Gasteiger partial charge in [0.2, 0.25) is 5.91 Å². The maximum atomic E-state index is 12.4. The van der Waals surface area contributed by atoms with Gasteiger partial charge in [0.1, 0.15) is 6.54 Å². The Hall–Kier alpha value is -1.43. The van der Waals surface area contributed by atoms with Gasteiger partial charge in [-0.2, -0.15) is 0 Å². The first-order valence-corrected chi connectivity index (χ1v) is 8.08. The van der Waals surface area contributed by atoms with E-state index in [2.05, 4.69) is 24.2 Å².